The minimum Gasteiger partial charge on any atom is -0.462 e. The van der Waals surface area contributed by atoms with Crippen LogP contribution in [0.5, 0.6) is 0 Å². The molecule has 0 aromatic rings. The Labute approximate surface area is 81.0 Å². The van der Waals surface area contributed by atoms with Crippen LogP contribution in [-0.4, -0.2) is 12.6 Å². The van der Waals surface area contributed by atoms with Gasteiger partial charge in [-0.05, 0) is 18.8 Å². The maximum Gasteiger partial charge on any atom is 0.330 e. The first-order valence-corrected chi connectivity index (χ1v) is 4.78. The first-order valence-electron chi connectivity index (χ1n) is 4.78. The standard InChI is InChI=1S/C11H20O2/c1-8(2)7-13-11(12)6-10(5)9(3)4/h6,8-9H,7H2,1-5H3/b10-6+. The molecule has 0 aromatic carbocycles. The van der Waals surface area contributed by atoms with Gasteiger partial charge in [0.2, 0.25) is 0 Å². The van der Waals surface area contributed by atoms with Crippen molar-refractivity contribution >= 4 is 5.97 Å². The van der Waals surface area contributed by atoms with Gasteiger partial charge in [0.25, 0.3) is 0 Å². The van der Waals surface area contributed by atoms with Crippen molar-refractivity contribution in [2.75, 3.05) is 6.61 Å². The third kappa shape index (κ3) is 6.38. The number of carbonyl (C=O) groups is 1. The minimum absolute atomic E-state index is 0.222. The monoisotopic (exact) mass is 184 g/mol. The van der Waals surface area contributed by atoms with Gasteiger partial charge in [-0.15, -0.1) is 0 Å². The number of allylic oxidation sites excluding steroid dienone is 1. The van der Waals surface area contributed by atoms with E-state index in [-0.39, 0.29) is 5.97 Å². The lowest BCUT2D eigenvalue weighted by Gasteiger charge is -2.07. The number of esters is 1. The van der Waals surface area contributed by atoms with Gasteiger partial charge in [-0.2, -0.15) is 0 Å². The summed E-state index contributed by atoms with van der Waals surface area (Å²) in [6.45, 7) is 10.6. The maximum absolute atomic E-state index is 11.2. The highest BCUT2D eigenvalue weighted by molar-refractivity contribution is 5.82. The zero-order valence-corrected chi connectivity index (χ0v) is 9.26. The van der Waals surface area contributed by atoms with Crippen molar-refractivity contribution in [1.29, 1.82) is 0 Å². The lowest BCUT2D eigenvalue weighted by molar-refractivity contribution is -0.138. The average Bonchev–Trinajstić information content (AvgIpc) is 2.00. The van der Waals surface area contributed by atoms with Crippen molar-refractivity contribution in [1.82, 2.24) is 0 Å². The zero-order valence-electron chi connectivity index (χ0n) is 9.26. The normalized spacial score (nSPS) is 12.4. The predicted octanol–water partition coefficient (Wildman–Crippen LogP) is 2.79. The molecule has 0 unspecified atom stereocenters. The Hall–Kier alpha value is -0.790. The van der Waals surface area contributed by atoms with E-state index < -0.39 is 0 Å². The molecule has 0 aliphatic carbocycles. The van der Waals surface area contributed by atoms with Gasteiger partial charge in [-0.3, -0.25) is 0 Å². The zero-order chi connectivity index (χ0) is 10.4. The van der Waals surface area contributed by atoms with E-state index in [2.05, 4.69) is 13.8 Å². The van der Waals surface area contributed by atoms with Gasteiger partial charge in [0.1, 0.15) is 0 Å². The topological polar surface area (TPSA) is 26.3 Å². The average molecular weight is 184 g/mol. The Morgan fingerprint density at radius 1 is 1.31 bits per heavy atom. The highest BCUT2D eigenvalue weighted by Crippen LogP contribution is 2.07. The Morgan fingerprint density at radius 3 is 2.23 bits per heavy atom. The minimum atomic E-state index is -0.222. The molecule has 0 aliphatic heterocycles. The second kappa shape index (κ2) is 5.79. The van der Waals surface area contributed by atoms with Gasteiger partial charge in [-0.1, -0.05) is 33.3 Å². The molecular formula is C11H20O2. The molecule has 0 spiro atoms. The van der Waals surface area contributed by atoms with Crippen LogP contribution in [0.15, 0.2) is 11.6 Å². The summed E-state index contributed by atoms with van der Waals surface area (Å²) in [4.78, 5) is 11.2. The number of ether oxygens (including phenoxy) is 1. The lowest BCUT2D eigenvalue weighted by Crippen LogP contribution is -2.08. The Bertz CT molecular complexity index is 190. The van der Waals surface area contributed by atoms with Crippen molar-refractivity contribution in [3.8, 4) is 0 Å². The summed E-state index contributed by atoms with van der Waals surface area (Å²) in [5.41, 5.74) is 1.06. The van der Waals surface area contributed by atoms with Crippen LogP contribution in [0.25, 0.3) is 0 Å². The number of hydrogen-bond donors (Lipinski definition) is 0. The van der Waals surface area contributed by atoms with Crippen molar-refractivity contribution in [3.05, 3.63) is 11.6 Å². The van der Waals surface area contributed by atoms with Crippen LogP contribution in [0.2, 0.25) is 0 Å². The number of carbonyl (C=O) groups excluding carboxylic acids is 1. The van der Waals surface area contributed by atoms with E-state index in [1.165, 1.54) is 0 Å². The van der Waals surface area contributed by atoms with Crippen molar-refractivity contribution in [3.63, 3.8) is 0 Å². The molecule has 0 amide bonds. The fourth-order valence-corrected chi connectivity index (χ4v) is 0.643. The Kier molecular flexibility index (Phi) is 5.44. The molecule has 0 saturated carbocycles. The quantitative estimate of drug-likeness (QED) is 0.496. The molecule has 0 saturated heterocycles. The smallest absolute Gasteiger partial charge is 0.330 e. The van der Waals surface area contributed by atoms with Crippen LogP contribution in [0.4, 0.5) is 0 Å². The molecule has 0 fully saturated rings. The summed E-state index contributed by atoms with van der Waals surface area (Å²) in [7, 11) is 0. The molecule has 2 nitrogen and oxygen atoms in total. The van der Waals surface area contributed by atoms with Crippen LogP contribution in [0.1, 0.15) is 34.6 Å². The highest BCUT2D eigenvalue weighted by Gasteiger charge is 2.03. The summed E-state index contributed by atoms with van der Waals surface area (Å²) in [5, 5.41) is 0. The number of rotatable bonds is 4. The molecule has 76 valence electrons. The van der Waals surface area contributed by atoms with Crippen molar-refractivity contribution < 1.29 is 9.53 Å². The molecular weight excluding hydrogens is 164 g/mol. The summed E-state index contributed by atoms with van der Waals surface area (Å²) in [6.07, 6.45) is 1.58. The van der Waals surface area contributed by atoms with Gasteiger partial charge in [-0.25, -0.2) is 4.79 Å². The summed E-state index contributed by atoms with van der Waals surface area (Å²) in [6, 6.07) is 0. The second-order valence-corrected chi connectivity index (χ2v) is 4.07. The summed E-state index contributed by atoms with van der Waals surface area (Å²) >= 11 is 0. The first-order chi connectivity index (χ1) is 5.93. The molecule has 13 heavy (non-hydrogen) atoms. The van der Waals surface area contributed by atoms with E-state index in [4.69, 9.17) is 4.74 Å². The van der Waals surface area contributed by atoms with Gasteiger partial charge in [0.05, 0.1) is 6.61 Å². The van der Waals surface area contributed by atoms with E-state index in [1.807, 2.05) is 20.8 Å². The maximum atomic E-state index is 11.2. The van der Waals surface area contributed by atoms with E-state index in [0.29, 0.717) is 18.4 Å². The fourth-order valence-electron chi connectivity index (χ4n) is 0.643. The molecule has 0 bridgehead atoms. The highest BCUT2D eigenvalue weighted by atomic mass is 16.5. The van der Waals surface area contributed by atoms with Gasteiger partial charge in [0.15, 0.2) is 0 Å². The third-order valence-electron chi connectivity index (χ3n) is 1.82. The molecule has 0 rings (SSSR count). The van der Waals surface area contributed by atoms with Crippen LogP contribution in [0.3, 0.4) is 0 Å². The van der Waals surface area contributed by atoms with E-state index in [9.17, 15) is 4.79 Å². The predicted molar refractivity (Wildman–Crippen MR) is 54.4 cm³/mol. The van der Waals surface area contributed by atoms with Crippen LogP contribution in [-0.2, 0) is 9.53 Å². The van der Waals surface area contributed by atoms with Crippen LogP contribution in [0, 0.1) is 11.8 Å². The summed E-state index contributed by atoms with van der Waals surface area (Å²) in [5.74, 6) is 0.586. The van der Waals surface area contributed by atoms with Gasteiger partial charge < -0.3 is 4.74 Å². The Balaban J connectivity index is 3.93. The van der Waals surface area contributed by atoms with E-state index >= 15 is 0 Å². The third-order valence-corrected chi connectivity index (χ3v) is 1.82. The molecule has 0 heterocycles. The lowest BCUT2D eigenvalue weighted by atomic mass is 10.1. The second-order valence-electron chi connectivity index (χ2n) is 4.07. The van der Waals surface area contributed by atoms with Crippen molar-refractivity contribution in [2.24, 2.45) is 11.8 Å². The first kappa shape index (κ1) is 12.2. The largest absolute Gasteiger partial charge is 0.462 e. The fraction of sp³-hybridized carbons (Fsp3) is 0.727. The molecule has 0 aromatic heterocycles. The van der Waals surface area contributed by atoms with Crippen LogP contribution >= 0.6 is 0 Å². The molecule has 2 heteroatoms. The van der Waals surface area contributed by atoms with Gasteiger partial charge >= 0.3 is 5.97 Å². The SMILES string of the molecule is C/C(=C\C(=O)OCC(C)C)C(C)C. The summed E-state index contributed by atoms with van der Waals surface area (Å²) < 4.78 is 5.01. The molecule has 0 atom stereocenters. The van der Waals surface area contributed by atoms with Gasteiger partial charge in [0, 0.05) is 6.08 Å². The number of hydrogen-bond acceptors (Lipinski definition) is 2. The van der Waals surface area contributed by atoms with E-state index in [1.54, 1.807) is 6.08 Å². The Morgan fingerprint density at radius 2 is 1.85 bits per heavy atom. The molecule has 0 radical (unpaired) electrons. The van der Waals surface area contributed by atoms with Crippen molar-refractivity contribution in [2.45, 2.75) is 34.6 Å². The van der Waals surface area contributed by atoms with E-state index in [0.717, 1.165) is 5.57 Å². The molecule has 0 N–H and O–H groups in total. The van der Waals surface area contributed by atoms with Crippen LogP contribution < -0.4 is 0 Å². The molecule has 0 aliphatic rings.